The molecule has 3 N–H and O–H groups in total. The minimum atomic E-state index is -1.53. The fourth-order valence-electron chi connectivity index (χ4n) is 2.65. The van der Waals surface area contributed by atoms with Crippen LogP contribution in [-0.2, 0) is 19.1 Å². The first-order valence-corrected chi connectivity index (χ1v) is 8.69. The molecule has 0 saturated carbocycles. The first-order chi connectivity index (χ1) is 13.0. The Bertz CT molecular complexity index is 793. The fourth-order valence-corrected chi connectivity index (χ4v) is 2.65. The Morgan fingerprint density at radius 2 is 1.61 bits per heavy atom. The van der Waals surface area contributed by atoms with Crippen molar-refractivity contribution < 1.29 is 33.8 Å². The van der Waals surface area contributed by atoms with E-state index in [1.54, 1.807) is 45.0 Å². The number of hydrogen-bond donors (Lipinski definition) is 3. The highest BCUT2D eigenvalue weighted by Crippen LogP contribution is 2.19. The van der Waals surface area contributed by atoms with Crippen molar-refractivity contribution in [2.45, 2.75) is 45.3 Å². The summed E-state index contributed by atoms with van der Waals surface area (Å²) in [5.74, 6) is -3.37. The summed E-state index contributed by atoms with van der Waals surface area (Å²) < 4.78 is 4.97. The lowest BCUT2D eigenvalue weighted by Gasteiger charge is -2.27. The minimum absolute atomic E-state index is 0.121. The maximum atomic E-state index is 11.5. The molecule has 0 aliphatic carbocycles. The lowest BCUT2D eigenvalue weighted by Crippen LogP contribution is -2.48. The number of carbonyl (C=O) groups excluding carboxylic acids is 5. The first kappa shape index (κ1) is 21.2. The maximum Gasteiger partial charge on any atom is 0.336 e. The van der Waals surface area contributed by atoms with Crippen LogP contribution >= 0.6 is 0 Å². The van der Waals surface area contributed by atoms with Crippen LogP contribution in [0.1, 0.15) is 54.3 Å². The number of piperidine rings is 1. The van der Waals surface area contributed by atoms with E-state index in [9.17, 15) is 29.1 Å². The molecule has 0 spiro atoms. The van der Waals surface area contributed by atoms with E-state index in [0.29, 0.717) is 11.1 Å². The highest BCUT2D eigenvalue weighted by atomic mass is 16.6. The average molecular weight is 390 g/mol. The molecule has 4 amide bonds. The SMILES string of the molecule is CC(C)(C)OC(=O)C(O)C1CCC(=O)NC1=O.O=C1NC(=O)c2ccccc21. The maximum absolute atomic E-state index is 11.5. The third-order valence-electron chi connectivity index (χ3n) is 3.95. The number of fused-ring (bicyclic) bond motifs is 1. The number of imide groups is 2. The monoisotopic (exact) mass is 390 g/mol. The molecule has 3 rings (SSSR count). The zero-order valence-electron chi connectivity index (χ0n) is 15.8. The molecule has 2 unspecified atom stereocenters. The van der Waals surface area contributed by atoms with Crippen molar-refractivity contribution in [1.29, 1.82) is 0 Å². The van der Waals surface area contributed by atoms with E-state index >= 15 is 0 Å². The van der Waals surface area contributed by atoms with Crippen LogP contribution in [0, 0.1) is 5.92 Å². The third kappa shape index (κ3) is 5.23. The van der Waals surface area contributed by atoms with Gasteiger partial charge in [0.15, 0.2) is 6.10 Å². The summed E-state index contributed by atoms with van der Waals surface area (Å²) in [7, 11) is 0. The summed E-state index contributed by atoms with van der Waals surface area (Å²) in [5, 5.41) is 14.0. The van der Waals surface area contributed by atoms with E-state index in [4.69, 9.17) is 4.74 Å². The van der Waals surface area contributed by atoms with E-state index < -0.39 is 29.5 Å². The number of hydrogen-bond acceptors (Lipinski definition) is 7. The van der Waals surface area contributed by atoms with Gasteiger partial charge in [0.05, 0.1) is 17.0 Å². The van der Waals surface area contributed by atoms with Crippen molar-refractivity contribution in [2.75, 3.05) is 0 Å². The van der Waals surface area contributed by atoms with Crippen LogP contribution in [0.2, 0.25) is 0 Å². The summed E-state index contributed by atoms with van der Waals surface area (Å²) in [6.07, 6.45) is -1.25. The van der Waals surface area contributed by atoms with Crippen LogP contribution in [0.3, 0.4) is 0 Å². The normalized spacial score (nSPS) is 19.6. The molecule has 1 fully saturated rings. The molecule has 2 aliphatic heterocycles. The summed E-state index contributed by atoms with van der Waals surface area (Å²) in [4.78, 5) is 55.8. The second-order valence-corrected chi connectivity index (χ2v) is 7.36. The van der Waals surface area contributed by atoms with Gasteiger partial charge < -0.3 is 9.84 Å². The van der Waals surface area contributed by atoms with E-state index in [-0.39, 0.29) is 30.6 Å². The number of esters is 1. The van der Waals surface area contributed by atoms with Crippen molar-refractivity contribution in [3.05, 3.63) is 35.4 Å². The van der Waals surface area contributed by atoms with E-state index in [1.807, 2.05) is 0 Å². The summed E-state index contributed by atoms with van der Waals surface area (Å²) in [6, 6.07) is 6.74. The van der Waals surface area contributed by atoms with E-state index in [1.165, 1.54) is 0 Å². The van der Waals surface area contributed by atoms with Gasteiger partial charge in [0.2, 0.25) is 11.8 Å². The molecule has 1 saturated heterocycles. The predicted molar refractivity (Wildman–Crippen MR) is 96.0 cm³/mol. The van der Waals surface area contributed by atoms with Crippen LogP contribution in [0.25, 0.3) is 0 Å². The number of rotatable bonds is 2. The van der Waals surface area contributed by atoms with Gasteiger partial charge in [-0.15, -0.1) is 0 Å². The number of nitrogens with one attached hydrogen (secondary N) is 2. The Hall–Kier alpha value is -3.07. The molecule has 1 aromatic carbocycles. The molecule has 9 nitrogen and oxygen atoms in total. The van der Waals surface area contributed by atoms with Crippen LogP contribution < -0.4 is 10.6 Å². The standard InChI is InChI=1S/C11H17NO5.C8H5NO2/c1-11(2,3)17-10(16)8(14)6-4-5-7(13)12-9(6)15;10-7-5-3-1-2-4-6(5)8(11)9-7/h6,8,14H,4-5H2,1-3H3,(H,12,13,15);1-4H,(H,9,10,11). The van der Waals surface area contributed by atoms with E-state index in [2.05, 4.69) is 10.6 Å². The van der Waals surface area contributed by atoms with Gasteiger partial charge in [0.25, 0.3) is 11.8 Å². The number of carbonyl (C=O) groups is 5. The first-order valence-electron chi connectivity index (χ1n) is 8.69. The van der Waals surface area contributed by atoms with Gasteiger partial charge in [0.1, 0.15) is 5.60 Å². The Balaban J connectivity index is 0.000000218. The second-order valence-electron chi connectivity index (χ2n) is 7.36. The highest BCUT2D eigenvalue weighted by Gasteiger charge is 2.38. The van der Waals surface area contributed by atoms with Gasteiger partial charge in [-0.3, -0.25) is 29.8 Å². The van der Waals surface area contributed by atoms with Crippen molar-refractivity contribution in [3.8, 4) is 0 Å². The number of ether oxygens (including phenoxy) is 1. The van der Waals surface area contributed by atoms with Gasteiger partial charge in [-0.25, -0.2) is 4.79 Å². The molecule has 28 heavy (non-hydrogen) atoms. The smallest absolute Gasteiger partial charge is 0.336 e. The zero-order chi connectivity index (χ0) is 21.1. The van der Waals surface area contributed by atoms with Crippen molar-refractivity contribution >= 4 is 29.6 Å². The number of aliphatic hydroxyl groups excluding tert-OH is 1. The second kappa shape index (κ2) is 8.30. The minimum Gasteiger partial charge on any atom is -0.458 e. The molecule has 2 aliphatic rings. The Kier molecular flexibility index (Phi) is 6.30. The van der Waals surface area contributed by atoms with Crippen LogP contribution in [0.4, 0.5) is 0 Å². The Morgan fingerprint density at radius 1 is 1.07 bits per heavy atom. The van der Waals surface area contributed by atoms with Crippen LogP contribution in [0.15, 0.2) is 24.3 Å². The molecule has 1 aromatic rings. The van der Waals surface area contributed by atoms with Crippen molar-refractivity contribution in [1.82, 2.24) is 10.6 Å². The lowest BCUT2D eigenvalue weighted by atomic mass is 9.92. The Morgan fingerprint density at radius 3 is 2.07 bits per heavy atom. The third-order valence-corrected chi connectivity index (χ3v) is 3.95. The topological polar surface area (TPSA) is 139 Å². The number of aliphatic hydroxyl groups is 1. The van der Waals surface area contributed by atoms with Gasteiger partial charge in [0, 0.05) is 6.42 Å². The lowest BCUT2D eigenvalue weighted by molar-refractivity contribution is -0.171. The van der Waals surface area contributed by atoms with Gasteiger partial charge >= 0.3 is 5.97 Å². The molecule has 9 heteroatoms. The largest absolute Gasteiger partial charge is 0.458 e. The molecule has 2 atom stereocenters. The molecule has 0 aromatic heterocycles. The van der Waals surface area contributed by atoms with Crippen molar-refractivity contribution in [3.63, 3.8) is 0 Å². The summed E-state index contributed by atoms with van der Waals surface area (Å²) in [6.45, 7) is 5.01. The van der Waals surface area contributed by atoms with Gasteiger partial charge in [-0.05, 0) is 39.3 Å². The fraction of sp³-hybridized carbons (Fsp3) is 0.421. The number of benzene rings is 1. The van der Waals surface area contributed by atoms with Crippen LogP contribution in [0.5, 0.6) is 0 Å². The summed E-state index contributed by atoms with van der Waals surface area (Å²) in [5.41, 5.74) is 0.217. The molecule has 0 radical (unpaired) electrons. The quantitative estimate of drug-likeness (QED) is 0.488. The molecular formula is C19H22N2O7. The average Bonchev–Trinajstić information content (AvgIpc) is 2.88. The van der Waals surface area contributed by atoms with Gasteiger partial charge in [-0.1, -0.05) is 12.1 Å². The number of amides is 4. The molecule has 0 bridgehead atoms. The molecule has 150 valence electrons. The Labute approximate surface area is 161 Å². The predicted octanol–water partition coefficient (Wildman–Crippen LogP) is 0.312. The summed E-state index contributed by atoms with van der Waals surface area (Å²) >= 11 is 0. The molecular weight excluding hydrogens is 368 g/mol. The van der Waals surface area contributed by atoms with Crippen LogP contribution in [-0.4, -0.2) is 46.4 Å². The molecule has 2 heterocycles. The van der Waals surface area contributed by atoms with Crippen molar-refractivity contribution in [2.24, 2.45) is 5.92 Å². The van der Waals surface area contributed by atoms with Gasteiger partial charge in [-0.2, -0.15) is 0 Å². The van der Waals surface area contributed by atoms with E-state index in [0.717, 1.165) is 0 Å². The zero-order valence-corrected chi connectivity index (χ0v) is 15.8. The highest BCUT2D eigenvalue weighted by molar-refractivity contribution is 6.21.